The highest BCUT2D eigenvalue weighted by molar-refractivity contribution is 5.85. The fraction of sp³-hybridized carbons (Fsp3) is 0.150. The zero-order valence-electron chi connectivity index (χ0n) is 24.4. The van der Waals surface area contributed by atoms with Crippen molar-refractivity contribution in [2.75, 3.05) is 0 Å². The molecular formula is C40H30N4. The van der Waals surface area contributed by atoms with Crippen molar-refractivity contribution in [1.82, 2.24) is 15.0 Å². The molecule has 1 saturated carbocycles. The molecule has 1 fully saturated rings. The number of rotatable bonds is 4. The van der Waals surface area contributed by atoms with Gasteiger partial charge in [-0.3, -0.25) is 0 Å². The summed E-state index contributed by atoms with van der Waals surface area (Å²) in [7, 11) is 0. The summed E-state index contributed by atoms with van der Waals surface area (Å²) in [6.45, 7) is 0. The monoisotopic (exact) mass is 566 g/mol. The fourth-order valence-electron chi connectivity index (χ4n) is 7.22. The van der Waals surface area contributed by atoms with Crippen LogP contribution >= 0.6 is 0 Å². The molecule has 0 bridgehead atoms. The molecule has 0 atom stereocenters. The van der Waals surface area contributed by atoms with Crippen LogP contribution in [0.3, 0.4) is 0 Å². The smallest absolute Gasteiger partial charge is 0.164 e. The van der Waals surface area contributed by atoms with Crippen molar-refractivity contribution in [3.05, 3.63) is 138 Å². The molecule has 210 valence electrons. The maximum atomic E-state index is 9.63. The van der Waals surface area contributed by atoms with E-state index in [1.54, 1.807) is 0 Å². The Hall–Kier alpha value is -5.40. The summed E-state index contributed by atoms with van der Waals surface area (Å²) < 4.78 is 0. The molecule has 44 heavy (non-hydrogen) atoms. The highest BCUT2D eigenvalue weighted by Crippen LogP contribution is 2.56. The predicted octanol–water partition coefficient (Wildman–Crippen LogP) is 9.64. The third kappa shape index (κ3) is 4.41. The van der Waals surface area contributed by atoms with Crippen LogP contribution in [-0.2, 0) is 5.41 Å². The summed E-state index contributed by atoms with van der Waals surface area (Å²) in [4.78, 5) is 14.8. The largest absolute Gasteiger partial charge is 0.208 e. The summed E-state index contributed by atoms with van der Waals surface area (Å²) in [5.74, 6) is 1.97. The maximum Gasteiger partial charge on any atom is 0.164 e. The van der Waals surface area contributed by atoms with Crippen molar-refractivity contribution >= 4 is 0 Å². The highest BCUT2D eigenvalue weighted by atomic mass is 15.0. The average molecular weight is 567 g/mol. The van der Waals surface area contributed by atoms with Gasteiger partial charge in [0.15, 0.2) is 17.5 Å². The number of aromatic nitrogens is 3. The van der Waals surface area contributed by atoms with Gasteiger partial charge in [0.2, 0.25) is 0 Å². The number of benzene rings is 5. The Balaban J connectivity index is 1.24. The fourth-order valence-corrected chi connectivity index (χ4v) is 7.22. The summed E-state index contributed by atoms with van der Waals surface area (Å²) >= 11 is 0. The van der Waals surface area contributed by atoms with Crippen molar-refractivity contribution in [2.45, 2.75) is 37.5 Å². The Labute approximate surface area is 257 Å². The molecule has 0 aliphatic heterocycles. The van der Waals surface area contributed by atoms with Gasteiger partial charge in [-0.1, -0.05) is 116 Å². The van der Waals surface area contributed by atoms with E-state index in [4.69, 9.17) is 15.0 Å². The molecule has 4 nitrogen and oxygen atoms in total. The molecule has 8 rings (SSSR count). The minimum atomic E-state index is 0.0217. The lowest BCUT2D eigenvalue weighted by Gasteiger charge is -2.36. The van der Waals surface area contributed by atoms with Gasteiger partial charge in [0.1, 0.15) is 0 Å². The number of fused-ring (bicyclic) bond motifs is 5. The average Bonchev–Trinajstić information content (AvgIpc) is 3.36. The van der Waals surface area contributed by atoms with Crippen molar-refractivity contribution in [3.8, 4) is 62.5 Å². The second kappa shape index (κ2) is 10.7. The van der Waals surface area contributed by atoms with Crippen LogP contribution in [0.25, 0.3) is 56.4 Å². The van der Waals surface area contributed by atoms with Crippen LogP contribution < -0.4 is 0 Å². The van der Waals surface area contributed by atoms with Crippen LogP contribution in [0.2, 0.25) is 0 Å². The molecular weight excluding hydrogens is 536 g/mol. The van der Waals surface area contributed by atoms with E-state index in [0.717, 1.165) is 40.7 Å². The zero-order valence-corrected chi connectivity index (χ0v) is 24.4. The maximum absolute atomic E-state index is 9.63. The topological polar surface area (TPSA) is 62.5 Å². The predicted molar refractivity (Wildman–Crippen MR) is 176 cm³/mol. The van der Waals surface area contributed by atoms with Gasteiger partial charge in [0.25, 0.3) is 0 Å². The first-order valence-electron chi connectivity index (χ1n) is 15.4. The van der Waals surface area contributed by atoms with Gasteiger partial charge in [-0.25, -0.2) is 15.0 Å². The molecule has 5 aromatic carbocycles. The third-order valence-corrected chi connectivity index (χ3v) is 9.35. The molecule has 1 heterocycles. The van der Waals surface area contributed by atoms with E-state index in [0.29, 0.717) is 17.5 Å². The first-order chi connectivity index (χ1) is 21.7. The van der Waals surface area contributed by atoms with Crippen LogP contribution in [0, 0.1) is 11.3 Å². The lowest BCUT2D eigenvalue weighted by atomic mass is 9.67. The Morgan fingerprint density at radius 2 is 1.07 bits per heavy atom. The van der Waals surface area contributed by atoms with Gasteiger partial charge in [-0.15, -0.1) is 0 Å². The highest BCUT2D eigenvalue weighted by Gasteiger charge is 2.43. The molecule has 0 N–H and O–H groups in total. The summed E-state index contributed by atoms with van der Waals surface area (Å²) in [5, 5.41) is 9.63. The van der Waals surface area contributed by atoms with E-state index in [-0.39, 0.29) is 5.41 Å². The van der Waals surface area contributed by atoms with E-state index in [1.807, 2.05) is 66.7 Å². The van der Waals surface area contributed by atoms with E-state index < -0.39 is 0 Å². The normalized spacial score (nSPS) is 14.5. The van der Waals surface area contributed by atoms with Crippen LogP contribution in [0.4, 0.5) is 0 Å². The lowest BCUT2D eigenvalue weighted by Crippen LogP contribution is -2.28. The Morgan fingerprint density at radius 3 is 1.73 bits per heavy atom. The summed E-state index contributed by atoms with van der Waals surface area (Å²) in [5.41, 5.74) is 11.2. The molecule has 0 amide bonds. The van der Waals surface area contributed by atoms with Crippen LogP contribution in [0.5, 0.6) is 0 Å². The molecule has 1 spiro atoms. The minimum Gasteiger partial charge on any atom is -0.208 e. The lowest BCUT2D eigenvalue weighted by molar-refractivity contribution is 0.353. The quantitative estimate of drug-likeness (QED) is 0.213. The number of nitrogens with zero attached hydrogens (tertiary/aromatic N) is 4. The standard InChI is InChI=1S/C40H30N4/c41-26-27-17-20-35-34(23-27)33-19-18-31(25-36(33)40(35)21-8-3-9-22-40)30-15-10-16-32(24-30)39-43-37(28-11-4-1-5-12-28)42-38(44-39)29-13-6-2-7-14-29/h1-2,4-7,10-20,23-25H,3,8-9,21-22H2. The van der Waals surface area contributed by atoms with Gasteiger partial charge < -0.3 is 0 Å². The van der Waals surface area contributed by atoms with Gasteiger partial charge in [-0.2, -0.15) is 5.26 Å². The van der Waals surface area contributed by atoms with Crippen molar-refractivity contribution in [3.63, 3.8) is 0 Å². The number of nitriles is 1. The van der Waals surface area contributed by atoms with Gasteiger partial charge in [0, 0.05) is 22.1 Å². The number of hydrogen-bond donors (Lipinski definition) is 0. The molecule has 2 aliphatic rings. The van der Waals surface area contributed by atoms with Gasteiger partial charge >= 0.3 is 0 Å². The van der Waals surface area contributed by atoms with Gasteiger partial charge in [0.05, 0.1) is 11.6 Å². The SMILES string of the molecule is N#Cc1ccc2c(c1)-c1ccc(-c3cccc(-c4nc(-c5ccccc5)nc(-c5ccccc5)n4)c3)cc1C21CCCCC1. The van der Waals surface area contributed by atoms with E-state index in [9.17, 15) is 5.26 Å². The second-order valence-electron chi connectivity index (χ2n) is 11.9. The van der Waals surface area contributed by atoms with Crippen molar-refractivity contribution in [2.24, 2.45) is 0 Å². The van der Waals surface area contributed by atoms with Crippen LogP contribution in [0.15, 0.2) is 121 Å². The number of hydrogen-bond acceptors (Lipinski definition) is 4. The molecule has 0 radical (unpaired) electrons. The molecule has 4 heteroatoms. The molecule has 0 saturated heterocycles. The first kappa shape index (κ1) is 26.2. The van der Waals surface area contributed by atoms with E-state index >= 15 is 0 Å². The molecule has 1 aromatic heterocycles. The summed E-state index contributed by atoms with van der Waals surface area (Å²) in [6, 6.07) is 44.3. The molecule has 2 aliphatic carbocycles. The second-order valence-corrected chi connectivity index (χ2v) is 11.9. The van der Waals surface area contributed by atoms with Crippen molar-refractivity contribution in [1.29, 1.82) is 5.26 Å². The van der Waals surface area contributed by atoms with Crippen LogP contribution in [0.1, 0.15) is 48.8 Å². The van der Waals surface area contributed by atoms with E-state index in [2.05, 4.69) is 60.7 Å². The first-order valence-corrected chi connectivity index (χ1v) is 15.4. The Kier molecular flexibility index (Phi) is 6.38. The van der Waals surface area contributed by atoms with Gasteiger partial charge in [-0.05, 0) is 70.5 Å². The van der Waals surface area contributed by atoms with Crippen LogP contribution in [-0.4, -0.2) is 15.0 Å². The Morgan fingerprint density at radius 1 is 0.477 bits per heavy atom. The van der Waals surface area contributed by atoms with Crippen molar-refractivity contribution < 1.29 is 0 Å². The molecule has 0 unspecified atom stereocenters. The summed E-state index contributed by atoms with van der Waals surface area (Å²) in [6.07, 6.45) is 6.04. The molecule has 6 aromatic rings. The Bertz CT molecular complexity index is 1990. The van der Waals surface area contributed by atoms with E-state index in [1.165, 1.54) is 47.1 Å². The zero-order chi connectivity index (χ0) is 29.5. The minimum absolute atomic E-state index is 0.0217. The third-order valence-electron chi connectivity index (χ3n) is 9.35.